The Balaban J connectivity index is 1.91. The average molecular weight is 290 g/mol. The van der Waals surface area contributed by atoms with Crippen molar-refractivity contribution in [3.63, 3.8) is 0 Å². The molecule has 1 unspecified atom stereocenters. The quantitative estimate of drug-likeness (QED) is 0.809. The molecule has 5 heteroatoms. The number of primary amides is 1. The van der Waals surface area contributed by atoms with Gasteiger partial charge in [0.2, 0.25) is 0 Å². The maximum absolute atomic E-state index is 12.3. The van der Waals surface area contributed by atoms with Gasteiger partial charge in [-0.25, -0.2) is 4.79 Å². The van der Waals surface area contributed by atoms with Gasteiger partial charge < -0.3 is 15.8 Å². The first kappa shape index (κ1) is 15.4. The van der Waals surface area contributed by atoms with Crippen molar-refractivity contribution in [2.75, 3.05) is 0 Å². The van der Waals surface area contributed by atoms with E-state index in [9.17, 15) is 9.59 Å². The minimum Gasteiger partial charge on any atom is -0.436 e. The molecule has 1 aliphatic carbocycles. The van der Waals surface area contributed by atoms with Gasteiger partial charge in [0.05, 0.1) is 6.04 Å². The highest BCUT2D eigenvalue weighted by molar-refractivity contribution is 5.83. The summed E-state index contributed by atoms with van der Waals surface area (Å²) < 4.78 is 4.95. The van der Waals surface area contributed by atoms with E-state index in [1.54, 1.807) is 0 Å². The van der Waals surface area contributed by atoms with Crippen molar-refractivity contribution in [3.05, 3.63) is 35.9 Å². The number of nitrogens with one attached hydrogen (secondary N) is 1. The van der Waals surface area contributed by atoms with Gasteiger partial charge >= 0.3 is 6.09 Å². The van der Waals surface area contributed by atoms with Crippen molar-refractivity contribution in [2.45, 2.75) is 44.8 Å². The molecule has 0 saturated heterocycles. The fraction of sp³-hybridized carbons (Fsp3) is 0.500. The van der Waals surface area contributed by atoms with Crippen molar-refractivity contribution in [2.24, 2.45) is 11.7 Å². The normalized spacial score (nSPS) is 16.8. The first-order valence-electron chi connectivity index (χ1n) is 7.37. The van der Waals surface area contributed by atoms with Crippen molar-refractivity contribution in [1.29, 1.82) is 0 Å². The molecule has 5 nitrogen and oxygen atoms in total. The van der Waals surface area contributed by atoms with E-state index in [1.807, 2.05) is 37.3 Å². The van der Waals surface area contributed by atoms with Crippen LogP contribution in [0.3, 0.4) is 0 Å². The topological polar surface area (TPSA) is 81.4 Å². The number of nitrogens with two attached hydrogens (primary N) is 1. The van der Waals surface area contributed by atoms with E-state index < -0.39 is 12.2 Å². The molecule has 2 rings (SSSR count). The molecule has 0 radical (unpaired) electrons. The Hall–Kier alpha value is -2.04. The maximum atomic E-state index is 12.3. The SMILES string of the molecule is C[C@H](NC(=O)C(CCC1CC1)OC(N)=O)c1ccccc1. The Morgan fingerprint density at radius 3 is 2.57 bits per heavy atom. The van der Waals surface area contributed by atoms with Gasteiger partial charge in [-0.3, -0.25) is 4.79 Å². The molecule has 0 heterocycles. The van der Waals surface area contributed by atoms with Crippen molar-refractivity contribution in [1.82, 2.24) is 5.32 Å². The molecule has 2 amide bonds. The van der Waals surface area contributed by atoms with Crippen LogP contribution in [0.1, 0.15) is 44.2 Å². The number of hydrogen-bond acceptors (Lipinski definition) is 3. The molecule has 1 aliphatic rings. The smallest absolute Gasteiger partial charge is 0.405 e. The third-order valence-corrected chi connectivity index (χ3v) is 3.74. The molecule has 21 heavy (non-hydrogen) atoms. The highest BCUT2D eigenvalue weighted by atomic mass is 16.6. The fourth-order valence-electron chi connectivity index (χ4n) is 2.31. The van der Waals surface area contributed by atoms with Crippen molar-refractivity contribution < 1.29 is 14.3 Å². The number of benzene rings is 1. The summed E-state index contributed by atoms with van der Waals surface area (Å²) in [6, 6.07) is 9.51. The molecule has 0 aromatic heterocycles. The van der Waals surface area contributed by atoms with Gasteiger partial charge in [0.15, 0.2) is 6.10 Å². The van der Waals surface area contributed by atoms with E-state index in [2.05, 4.69) is 5.32 Å². The predicted molar refractivity (Wildman–Crippen MR) is 79.4 cm³/mol. The number of ether oxygens (including phenoxy) is 1. The maximum Gasteiger partial charge on any atom is 0.405 e. The molecule has 1 aromatic carbocycles. The van der Waals surface area contributed by atoms with Crippen LogP contribution in [0.4, 0.5) is 4.79 Å². The molecule has 0 spiro atoms. The number of carbonyl (C=O) groups excluding carboxylic acids is 2. The van der Waals surface area contributed by atoms with E-state index >= 15 is 0 Å². The molecule has 1 fully saturated rings. The number of amides is 2. The Kier molecular flexibility index (Phi) is 5.20. The van der Waals surface area contributed by atoms with Gasteiger partial charge in [0, 0.05) is 0 Å². The van der Waals surface area contributed by atoms with Crippen LogP contribution in [0.2, 0.25) is 0 Å². The first-order chi connectivity index (χ1) is 10.1. The van der Waals surface area contributed by atoms with Crippen molar-refractivity contribution in [3.8, 4) is 0 Å². The van der Waals surface area contributed by atoms with E-state index in [0.29, 0.717) is 12.3 Å². The summed E-state index contributed by atoms with van der Waals surface area (Å²) in [5.41, 5.74) is 6.06. The predicted octanol–water partition coefficient (Wildman–Crippen LogP) is 2.52. The van der Waals surface area contributed by atoms with Crippen LogP contribution < -0.4 is 11.1 Å². The average Bonchev–Trinajstić information content (AvgIpc) is 3.28. The van der Waals surface area contributed by atoms with Crippen LogP contribution in [-0.4, -0.2) is 18.1 Å². The molecule has 1 aromatic rings. The van der Waals surface area contributed by atoms with E-state index in [4.69, 9.17) is 10.5 Å². The second-order valence-electron chi connectivity index (χ2n) is 5.59. The van der Waals surface area contributed by atoms with Crippen LogP contribution >= 0.6 is 0 Å². The number of hydrogen-bond donors (Lipinski definition) is 2. The summed E-state index contributed by atoms with van der Waals surface area (Å²) in [6.07, 6.45) is 2.12. The second-order valence-corrected chi connectivity index (χ2v) is 5.59. The summed E-state index contributed by atoms with van der Waals surface area (Å²) >= 11 is 0. The van der Waals surface area contributed by atoms with Gasteiger partial charge in [-0.15, -0.1) is 0 Å². The lowest BCUT2D eigenvalue weighted by atomic mass is 10.1. The highest BCUT2D eigenvalue weighted by Crippen LogP contribution is 2.34. The molecule has 2 atom stereocenters. The summed E-state index contributed by atoms with van der Waals surface area (Å²) in [5, 5.41) is 2.87. The van der Waals surface area contributed by atoms with Crippen LogP contribution in [-0.2, 0) is 9.53 Å². The molecular formula is C16H22N2O3. The number of carbonyl (C=O) groups is 2. The molecule has 3 N–H and O–H groups in total. The first-order valence-corrected chi connectivity index (χ1v) is 7.37. The summed E-state index contributed by atoms with van der Waals surface area (Å²) in [7, 11) is 0. The molecule has 114 valence electrons. The molecular weight excluding hydrogens is 268 g/mol. The van der Waals surface area contributed by atoms with Crippen LogP contribution in [0.15, 0.2) is 30.3 Å². The minimum atomic E-state index is -0.904. The summed E-state index contributed by atoms with van der Waals surface area (Å²) in [4.78, 5) is 23.2. The Bertz CT molecular complexity index is 486. The lowest BCUT2D eigenvalue weighted by molar-refractivity contribution is -0.130. The van der Waals surface area contributed by atoms with E-state index in [1.165, 1.54) is 12.8 Å². The number of rotatable bonds is 7. The second kappa shape index (κ2) is 7.11. The van der Waals surface area contributed by atoms with E-state index in [0.717, 1.165) is 12.0 Å². The minimum absolute atomic E-state index is 0.140. The van der Waals surface area contributed by atoms with Crippen molar-refractivity contribution >= 4 is 12.0 Å². The third-order valence-electron chi connectivity index (χ3n) is 3.74. The zero-order valence-electron chi connectivity index (χ0n) is 12.2. The Morgan fingerprint density at radius 2 is 2.00 bits per heavy atom. The van der Waals surface area contributed by atoms with Gasteiger partial charge in [0.25, 0.3) is 5.91 Å². The van der Waals surface area contributed by atoms with Gasteiger partial charge in [-0.1, -0.05) is 43.2 Å². The van der Waals surface area contributed by atoms with Crippen LogP contribution in [0.25, 0.3) is 0 Å². The Morgan fingerprint density at radius 1 is 1.33 bits per heavy atom. The molecule has 0 bridgehead atoms. The zero-order valence-corrected chi connectivity index (χ0v) is 12.2. The van der Waals surface area contributed by atoms with E-state index in [-0.39, 0.29) is 11.9 Å². The summed E-state index contributed by atoms with van der Waals surface area (Å²) in [5.74, 6) is 0.383. The largest absolute Gasteiger partial charge is 0.436 e. The molecule has 0 aliphatic heterocycles. The lowest BCUT2D eigenvalue weighted by Gasteiger charge is -2.20. The van der Waals surface area contributed by atoms with Crippen LogP contribution in [0.5, 0.6) is 0 Å². The summed E-state index contributed by atoms with van der Waals surface area (Å²) in [6.45, 7) is 1.90. The van der Waals surface area contributed by atoms with Gasteiger partial charge in [-0.05, 0) is 31.2 Å². The fourth-order valence-corrected chi connectivity index (χ4v) is 2.31. The monoisotopic (exact) mass is 290 g/mol. The van der Waals surface area contributed by atoms with Gasteiger partial charge in [-0.2, -0.15) is 0 Å². The lowest BCUT2D eigenvalue weighted by Crippen LogP contribution is -2.40. The van der Waals surface area contributed by atoms with Gasteiger partial charge in [0.1, 0.15) is 0 Å². The Labute approximate surface area is 124 Å². The van der Waals surface area contributed by atoms with Crippen LogP contribution in [0, 0.1) is 5.92 Å². The third kappa shape index (κ3) is 5.10. The standard InChI is InChI=1S/C16H22N2O3/c1-11(13-5-3-2-4-6-13)18-15(19)14(21-16(17)20)10-9-12-7-8-12/h2-6,11-12,14H,7-10H2,1H3,(H2,17,20)(H,18,19)/t11-,14?/m0/s1. The molecule has 1 saturated carbocycles. The zero-order chi connectivity index (χ0) is 15.2. The highest BCUT2D eigenvalue weighted by Gasteiger charge is 2.28.